The van der Waals surface area contributed by atoms with Gasteiger partial charge in [-0.05, 0) is 51.3 Å². The van der Waals surface area contributed by atoms with Crippen LogP contribution in [0.25, 0.3) is 5.65 Å². The van der Waals surface area contributed by atoms with E-state index in [4.69, 9.17) is 0 Å². The number of hydrogen-bond donors (Lipinski definition) is 0. The van der Waals surface area contributed by atoms with Crippen molar-refractivity contribution in [3.63, 3.8) is 0 Å². The summed E-state index contributed by atoms with van der Waals surface area (Å²) in [6, 6.07) is 3.93. The Kier molecular flexibility index (Phi) is 2.99. The van der Waals surface area contributed by atoms with Crippen molar-refractivity contribution in [1.82, 2.24) is 35.2 Å². The van der Waals surface area contributed by atoms with Crippen LogP contribution >= 0.6 is 15.9 Å². The first-order chi connectivity index (χ1) is 10.3. The van der Waals surface area contributed by atoms with Crippen LogP contribution in [0.5, 0.6) is 0 Å². The van der Waals surface area contributed by atoms with E-state index in [2.05, 4.69) is 51.4 Å². The molecule has 3 aromatic rings. The summed E-state index contributed by atoms with van der Waals surface area (Å²) in [4.78, 5) is 11.0. The van der Waals surface area contributed by atoms with Crippen LogP contribution in [0.4, 0.5) is 5.82 Å². The van der Waals surface area contributed by atoms with Crippen LogP contribution in [0.1, 0.15) is 24.7 Å². The highest BCUT2D eigenvalue weighted by molar-refractivity contribution is 9.10. The van der Waals surface area contributed by atoms with Crippen molar-refractivity contribution >= 4 is 27.4 Å². The van der Waals surface area contributed by atoms with Gasteiger partial charge in [0.2, 0.25) is 0 Å². The van der Waals surface area contributed by atoms with Crippen LogP contribution in [0.15, 0.2) is 29.0 Å². The van der Waals surface area contributed by atoms with E-state index in [-0.39, 0.29) is 6.04 Å². The highest BCUT2D eigenvalue weighted by Crippen LogP contribution is 2.33. The minimum Gasteiger partial charge on any atom is -0.345 e. The minimum atomic E-state index is 0.138. The first kappa shape index (κ1) is 12.6. The second-order valence-electron chi connectivity index (χ2n) is 4.83. The molecular weight excluding hydrogens is 336 g/mol. The van der Waals surface area contributed by atoms with Crippen LogP contribution in [0.2, 0.25) is 0 Å². The lowest BCUT2D eigenvalue weighted by molar-refractivity contribution is 0.644. The maximum Gasteiger partial charge on any atom is 0.200 e. The Morgan fingerprint density at radius 3 is 2.90 bits per heavy atom. The Hall–Kier alpha value is -2.16. The Labute approximate surface area is 128 Å². The number of fused-ring (bicyclic) bond motifs is 1. The molecule has 1 saturated heterocycles. The predicted molar refractivity (Wildman–Crippen MR) is 77.6 cm³/mol. The molecule has 9 heteroatoms. The van der Waals surface area contributed by atoms with Gasteiger partial charge < -0.3 is 4.90 Å². The monoisotopic (exact) mass is 346 g/mol. The lowest BCUT2D eigenvalue weighted by Crippen LogP contribution is -2.25. The zero-order valence-corrected chi connectivity index (χ0v) is 12.5. The molecule has 1 aliphatic heterocycles. The van der Waals surface area contributed by atoms with Gasteiger partial charge in [0, 0.05) is 18.9 Å². The average Bonchev–Trinajstić information content (AvgIpc) is 3.16. The summed E-state index contributed by atoms with van der Waals surface area (Å²) < 4.78 is 2.32. The van der Waals surface area contributed by atoms with Crippen LogP contribution in [-0.2, 0) is 0 Å². The normalized spacial score (nSPS) is 18.5. The Morgan fingerprint density at radius 1 is 1.19 bits per heavy atom. The number of tetrazole rings is 1. The van der Waals surface area contributed by atoms with Crippen molar-refractivity contribution in [1.29, 1.82) is 0 Å². The molecular formula is C12H11BrN8. The summed E-state index contributed by atoms with van der Waals surface area (Å²) in [6.45, 7) is 0.921. The van der Waals surface area contributed by atoms with E-state index in [0.29, 0.717) is 5.65 Å². The molecule has 0 bridgehead atoms. The van der Waals surface area contributed by atoms with Crippen LogP contribution < -0.4 is 4.90 Å². The molecule has 21 heavy (non-hydrogen) atoms. The van der Waals surface area contributed by atoms with Gasteiger partial charge in [0.25, 0.3) is 0 Å². The summed E-state index contributed by atoms with van der Waals surface area (Å²) >= 11 is 3.36. The quantitative estimate of drug-likeness (QED) is 0.693. The molecule has 0 amide bonds. The molecule has 0 spiro atoms. The van der Waals surface area contributed by atoms with Gasteiger partial charge in [0.1, 0.15) is 0 Å². The van der Waals surface area contributed by atoms with Gasteiger partial charge in [-0.1, -0.05) is 0 Å². The van der Waals surface area contributed by atoms with E-state index in [9.17, 15) is 0 Å². The molecule has 4 rings (SSSR count). The number of rotatable bonds is 2. The van der Waals surface area contributed by atoms with Crippen LogP contribution in [0, 0.1) is 0 Å². The maximum absolute atomic E-state index is 4.45. The topological polar surface area (TPSA) is 85.0 Å². The molecule has 0 radical (unpaired) electrons. The Morgan fingerprint density at radius 2 is 2.05 bits per heavy atom. The van der Waals surface area contributed by atoms with Crippen molar-refractivity contribution in [3.8, 4) is 0 Å². The number of hydrogen-bond acceptors (Lipinski definition) is 7. The highest BCUT2D eigenvalue weighted by Gasteiger charge is 2.29. The molecule has 0 N–H and O–H groups in total. The smallest absolute Gasteiger partial charge is 0.200 e. The highest BCUT2D eigenvalue weighted by atomic mass is 79.9. The number of aromatic nitrogens is 7. The lowest BCUT2D eigenvalue weighted by Gasteiger charge is -2.24. The lowest BCUT2D eigenvalue weighted by atomic mass is 10.2. The van der Waals surface area contributed by atoms with Gasteiger partial charge >= 0.3 is 0 Å². The first-order valence-electron chi connectivity index (χ1n) is 6.61. The van der Waals surface area contributed by atoms with Crippen molar-refractivity contribution in [2.75, 3.05) is 11.4 Å². The fourth-order valence-electron chi connectivity index (χ4n) is 2.60. The standard InChI is InChI=1S/C12H11BrN8/c13-8-6-14-12(15-7-8)9-2-1-5-20(9)11-4-3-10-16-18-19-21(10)17-11/h3-4,6-7,9H,1-2,5H2. The van der Waals surface area contributed by atoms with Gasteiger partial charge in [-0.25, -0.2) is 9.97 Å². The number of halogens is 1. The summed E-state index contributed by atoms with van der Waals surface area (Å²) in [7, 11) is 0. The molecule has 0 saturated carbocycles. The molecule has 1 aliphatic rings. The van der Waals surface area contributed by atoms with E-state index in [0.717, 1.165) is 35.5 Å². The van der Waals surface area contributed by atoms with Gasteiger partial charge in [0.15, 0.2) is 17.3 Å². The fraction of sp³-hybridized carbons (Fsp3) is 0.333. The zero-order chi connectivity index (χ0) is 14.2. The van der Waals surface area contributed by atoms with E-state index < -0.39 is 0 Å². The van der Waals surface area contributed by atoms with Crippen molar-refractivity contribution < 1.29 is 0 Å². The van der Waals surface area contributed by atoms with Crippen molar-refractivity contribution in [3.05, 3.63) is 34.8 Å². The second kappa shape index (κ2) is 4.99. The molecule has 106 valence electrons. The molecule has 3 aromatic heterocycles. The van der Waals surface area contributed by atoms with Gasteiger partial charge in [-0.3, -0.25) is 0 Å². The predicted octanol–water partition coefficient (Wildman–Crippen LogP) is 1.41. The van der Waals surface area contributed by atoms with Gasteiger partial charge in [-0.2, -0.15) is 0 Å². The summed E-state index contributed by atoms with van der Waals surface area (Å²) in [6.07, 6.45) is 5.64. The molecule has 0 aliphatic carbocycles. The summed E-state index contributed by atoms with van der Waals surface area (Å²) in [5.74, 6) is 1.65. The molecule has 0 aromatic carbocycles. The largest absolute Gasteiger partial charge is 0.345 e. The third-order valence-electron chi connectivity index (χ3n) is 3.54. The summed E-state index contributed by atoms with van der Waals surface area (Å²) in [5.41, 5.74) is 0.634. The maximum atomic E-state index is 4.45. The first-order valence-corrected chi connectivity index (χ1v) is 7.40. The third-order valence-corrected chi connectivity index (χ3v) is 3.95. The number of anilines is 1. The van der Waals surface area contributed by atoms with Crippen LogP contribution in [-0.4, -0.2) is 41.8 Å². The molecule has 1 atom stereocenters. The van der Waals surface area contributed by atoms with E-state index in [1.165, 1.54) is 4.63 Å². The van der Waals surface area contributed by atoms with Crippen LogP contribution in [0.3, 0.4) is 0 Å². The summed E-state index contributed by atoms with van der Waals surface area (Å²) in [5, 5.41) is 15.8. The Bertz CT molecular complexity index is 770. The van der Waals surface area contributed by atoms with E-state index in [1.54, 1.807) is 12.4 Å². The average molecular weight is 347 g/mol. The third kappa shape index (κ3) is 2.23. The van der Waals surface area contributed by atoms with Crippen molar-refractivity contribution in [2.24, 2.45) is 0 Å². The van der Waals surface area contributed by atoms with Gasteiger partial charge in [-0.15, -0.1) is 14.8 Å². The zero-order valence-electron chi connectivity index (χ0n) is 11.0. The van der Waals surface area contributed by atoms with Gasteiger partial charge in [0.05, 0.1) is 10.5 Å². The molecule has 8 nitrogen and oxygen atoms in total. The van der Waals surface area contributed by atoms with E-state index >= 15 is 0 Å². The Balaban J connectivity index is 1.70. The van der Waals surface area contributed by atoms with Crippen molar-refractivity contribution in [2.45, 2.75) is 18.9 Å². The SMILES string of the molecule is Brc1cnc(C2CCCN2c2ccc3nnnn3n2)nc1. The number of nitrogens with zero attached hydrogens (tertiary/aromatic N) is 8. The molecule has 1 fully saturated rings. The molecule has 1 unspecified atom stereocenters. The molecule has 4 heterocycles. The minimum absolute atomic E-state index is 0.138. The second-order valence-corrected chi connectivity index (χ2v) is 5.74. The fourth-order valence-corrected chi connectivity index (χ4v) is 2.80. The van der Waals surface area contributed by atoms with E-state index in [1.807, 2.05) is 12.1 Å².